The van der Waals surface area contributed by atoms with Gasteiger partial charge in [0, 0.05) is 36.3 Å². The number of benzene rings is 1. The molecule has 1 saturated heterocycles. The topological polar surface area (TPSA) is 55.4 Å². The minimum atomic E-state index is -2.20. The van der Waals surface area contributed by atoms with Gasteiger partial charge in [0.25, 0.3) is 0 Å². The number of nitrogens with zero attached hydrogens (tertiary/aromatic N) is 1. The summed E-state index contributed by atoms with van der Waals surface area (Å²) in [6, 6.07) is 8.60. The molecule has 0 bridgehead atoms. The third-order valence-corrected chi connectivity index (χ3v) is 6.84. The highest BCUT2D eigenvalue weighted by molar-refractivity contribution is 7.77. The standard InChI is InChI=1S/C21H34N2O2S/c1-3-5-6-7-12-23-15-19-20(16-23)21(19,11-4-2)18-10-8-9-17(13-18)14-22-26(24)25/h8-10,13,19-20,22H,3-7,11-12,14-16H2,1-2H3,(H,24,25)/p-1. The van der Waals surface area contributed by atoms with Gasteiger partial charge in [-0.15, -0.1) is 0 Å². The molecule has 1 aliphatic carbocycles. The van der Waals surface area contributed by atoms with Crippen LogP contribution in [0, 0.1) is 11.8 Å². The second kappa shape index (κ2) is 8.96. The maximum atomic E-state index is 10.8. The van der Waals surface area contributed by atoms with Crippen LogP contribution in [-0.2, 0) is 23.2 Å². The van der Waals surface area contributed by atoms with Crippen LogP contribution >= 0.6 is 0 Å². The van der Waals surface area contributed by atoms with E-state index >= 15 is 0 Å². The molecule has 2 fully saturated rings. The maximum absolute atomic E-state index is 10.8. The van der Waals surface area contributed by atoms with Gasteiger partial charge in [-0.2, -0.15) is 0 Å². The Bertz CT molecular complexity index is 610. The number of likely N-dealkylation sites (tertiary alicyclic amines) is 1. The number of rotatable bonds is 11. The van der Waals surface area contributed by atoms with Gasteiger partial charge in [-0.1, -0.05) is 63.8 Å². The summed E-state index contributed by atoms with van der Waals surface area (Å²) in [6.45, 7) is 8.67. The summed E-state index contributed by atoms with van der Waals surface area (Å²) in [5.74, 6) is 1.57. The SMILES string of the molecule is CCCCCCN1CC2C(C1)C2(CCC)c1cccc(CNS(=O)[O-])c1. The van der Waals surface area contributed by atoms with Crippen molar-refractivity contribution in [3.8, 4) is 0 Å². The van der Waals surface area contributed by atoms with Gasteiger partial charge in [-0.25, -0.2) is 4.72 Å². The number of nitrogens with one attached hydrogen (secondary N) is 1. The highest BCUT2D eigenvalue weighted by Gasteiger charge is 2.67. The molecule has 0 spiro atoms. The Morgan fingerprint density at radius 3 is 2.62 bits per heavy atom. The molecule has 2 aliphatic rings. The number of piperidine rings is 1. The van der Waals surface area contributed by atoms with Crippen molar-refractivity contribution < 1.29 is 8.76 Å². The molecule has 0 amide bonds. The molecule has 1 aliphatic heterocycles. The second-order valence-corrected chi connectivity index (χ2v) is 8.84. The minimum absolute atomic E-state index is 0.335. The van der Waals surface area contributed by atoms with E-state index in [4.69, 9.17) is 0 Å². The summed E-state index contributed by atoms with van der Waals surface area (Å²) in [7, 11) is 0. The van der Waals surface area contributed by atoms with Crippen LogP contribution in [0.4, 0.5) is 0 Å². The maximum Gasteiger partial charge on any atom is 0.0322 e. The summed E-state index contributed by atoms with van der Waals surface area (Å²) in [5.41, 5.74) is 2.82. The molecular weight excluding hydrogens is 344 g/mol. The Balaban J connectivity index is 1.63. The van der Waals surface area contributed by atoms with E-state index in [2.05, 4.69) is 41.7 Å². The van der Waals surface area contributed by atoms with E-state index < -0.39 is 11.3 Å². The van der Waals surface area contributed by atoms with Gasteiger partial charge in [-0.3, -0.25) is 4.21 Å². The largest absolute Gasteiger partial charge is 0.760 e. The zero-order valence-corrected chi connectivity index (χ0v) is 17.0. The third-order valence-electron chi connectivity index (χ3n) is 6.46. The van der Waals surface area contributed by atoms with Gasteiger partial charge in [-0.05, 0) is 42.3 Å². The lowest BCUT2D eigenvalue weighted by molar-refractivity contribution is 0.261. The Labute approximate surface area is 161 Å². The fraction of sp³-hybridized carbons (Fsp3) is 0.714. The Kier molecular flexibility index (Phi) is 6.89. The van der Waals surface area contributed by atoms with Crippen molar-refractivity contribution >= 4 is 11.3 Å². The van der Waals surface area contributed by atoms with Crippen LogP contribution in [0.1, 0.15) is 63.5 Å². The summed E-state index contributed by atoms with van der Waals surface area (Å²) in [4.78, 5) is 2.67. The summed E-state index contributed by atoms with van der Waals surface area (Å²) in [5, 5.41) is 0. The van der Waals surface area contributed by atoms with Gasteiger partial charge >= 0.3 is 0 Å². The molecule has 5 heteroatoms. The van der Waals surface area contributed by atoms with Gasteiger partial charge in [0.15, 0.2) is 0 Å². The molecule has 3 atom stereocenters. The fourth-order valence-corrected chi connectivity index (χ4v) is 5.51. The molecule has 1 aromatic rings. The first-order valence-corrected chi connectivity index (χ1v) is 11.3. The number of fused-ring (bicyclic) bond motifs is 1. The normalized spacial score (nSPS) is 28.9. The third kappa shape index (κ3) is 4.22. The summed E-state index contributed by atoms with van der Waals surface area (Å²) < 4.78 is 24.0. The molecular formula is C21H33N2O2S-. The zero-order chi connectivity index (χ0) is 18.6. The lowest BCUT2D eigenvalue weighted by atomic mass is 9.85. The highest BCUT2D eigenvalue weighted by atomic mass is 32.2. The molecule has 1 heterocycles. The van der Waals surface area contributed by atoms with Crippen LogP contribution in [0.25, 0.3) is 0 Å². The fourth-order valence-electron chi connectivity index (χ4n) is 5.23. The van der Waals surface area contributed by atoms with Crippen LogP contribution in [0.5, 0.6) is 0 Å². The first kappa shape index (κ1) is 20.0. The van der Waals surface area contributed by atoms with E-state index in [1.54, 1.807) is 0 Å². The van der Waals surface area contributed by atoms with Crippen LogP contribution < -0.4 is 4.72 Å². The minimum Gasteiger partial charge on any atom is -0.760 e. The van der Waals surface area contributed by atoms with E-state index in [1.165, 1.54) is 63.7 Å². The molecule has 1 saturated carbocycles. The van der Waals surface area contributed by atoms with Crippen LogP contribution in [0.15, 0.2) is 24.3 Å². The van der Waals surface area contributed by atoms with E-state index in [1.807, 2.05) is 6.07 Å². The van der Waals surface area contributed by atoms with Crippen molar-refractivity contribution in [3.63, 3.8) is 0 Å². The monoisotopic (exact) mass is 377 g/mol. The highest BCUT2D eigenvalue weighted by Crippen LogP contribution is 2.65. The lowest BCUT2D eigenvalue weighted by Crippen LogP contribution is -2.31. The van der Waals surface area contributed by atoms with Gasteiger partial charge in [0.05, 0.1) is 0 Å². The second-order valence-electron chi connectivity index (χ2n) is 8.08. The number of hydrogen-bond donors (Lipinski definition) is 1. The number of hydrogen-bond acceptors (Lipinski definition) is 3. The molecule has 4 nitrogen and oxygen atoms in total. The van der Waals surface area contributed by atoms with Crippen molar-refractivity contribution in [1.29, 1.82) is 0 Å². The Morgan fingerprint density at radius 1 is 1.19 bits per heavy atom. The van der Waals surface area contributed by atoms with E-state index in [9.17, 15) is 8.76 Å². The van der Waals surface area contributed by atoms with Crippen molar-refractivity contribution in [2.45, 2.75) is 64.3 Å². The predicted octanol–water partition coefficient (Wildman–Crippen LogP) is 3.75. The van der Waals surface area contributed by atoms with Crippen LogP contribution in [0.3, 0.4) is 0 Å². The molecule has 3 rings (SSSR count). The van der Waals surface area contributed by atoms with E-state index in [0.29, 0.717) is 12.0 Å². The lowest BCUT2D eigenvalue weighted by Gasteiger charge is -2.27. The Hall–Kier alpha value is -0.750. The number of unbranched alkanes of at least 4 members (excludes halogenated alkanes) is 3. The quantitative estimate of drug-likeness (QED) is 0.472. The summed E-state index contributed by atoms with van der Waals surface area (Å²) >= 11 is -2.20. The van der Waals surface area contributed by atoms with Crippen LogP contribution in [0.2, 0.25) is 0 Å². The smallest absolute Gasteiger partial charge is 0.0322 e. The zero-order valence-electron chi connectivity index (χ0n) is 16.2. The van der Waals surface area contributed by atoms with Gasteiger partial charge in [0.2, 0.25) is 0 Å². The van der Waals surface area contributed by atoms with Crippen molar-refractivity contribution in [2.24, 2.45) is 11.8 Å². The average Bonchev–Trinajstić information content (AvgIpc) is 3.01. The van der Waals surface area contributed by atoms with Crippen molar-refractivity contribution in [2.75, 3.05) is 19.6 Å². The Morgan fingerprint density at radius 2 is 1.96 bits per heavy atom. The molecule has 1 aromatic carbocycles. The molecule has 146 valence electrons. The predicted molar refractivity (Wildman–Crippen MR) is 106 cm³/mol. The molecule has 1 N–H and O–H groups in total. The van der Waals surface area contributed by atoms with Gasteiger partial charge in [0.1, 0.15) is 0 Å². The molecule has 0 aromatic heterocycles. The van der Waals surface area contributed by atoms with Crippen molar-refractivity contribution in [1.82, 2.24) is 9.62 Å². The van der Waals surface area contributed by atoms with E-state index in [0.717, 1.165) is 17.4 Å². The van der Waals surface area contributed by atoms with E-state index in [-0.39, 0.29) is 0 Å². The van der Waals surface area contributed by atoms with Crippen LogP contribution in [-0.4, -0.2) is 33.3 Å². The molecule has 3 unspecified atom stereocenters. The molecule has 0 radical (unpaired) electrons. The molecule has 26 heavy (non-hydrogen) atoms. The summed E-state index contributed by atoms with van der Waals surface area (Å²) in [6.07, 6.45) is 7.80. The average molecular weight is 378 g/mol. The first-order chi connectivity index (χ1) is 12.6. The van der Waals surface area contributed by atoms with Gasteiger partial charge < -0.3 is 9.45 Å². The first-order valence-electron chi connectivity index (χ1n) is 10.3. The van der Waals surface area contributed by atoms with Crippen molar-refractivity contribution in [3.05, 3.63) is 35.4 Å².